The van der Waals surface area contributed by atoms with E-state index in [1.165, 1.54) is 0 Å². The number of hydrogen-bond acceptors (Lipinski definition) is 3. The Morgan fingerprint density at radius 1 is 1.85 bits per heavy atom. The van der Waals surface area contributed by atoms with Crippen molar-refractivity contribution in [3.8, 4) is 0 Å². The van der Waals surface area contributed by atoms with Crippen molar-refractivity contribution in [1.82, 2.24) is 9.55 Å². The molecule has 0 fully saturated rings. The lowest BCUT2D eigenvalue weighted by Gasteiger charge is -2.21. The van der Waals surface area contributed by atoms with E-state index in [-0.39, 0.29) is 5.69 Å². The van der Waals surface area contributed by atoms with Gasteiger partial charge in [0.15, 0.2) is 5.69 Å². The molecule has 13 heavy (non-hydrogen) atoms. The number of nitrogens with zero attached hydrogens (tertiary/aromatic N) is 2. The number of aromatic carboxylic acids is 1. The summed E-state index contributed by atoms with van der Waals surface area (Å²) in [4.78, 5) is 14.5. The maximum atomic E-state index is 10.6. The van der Waals surface area contributed by atoms with E-state index in [1.54, 1.807) is 6.20 Å². The monoisotopic (exact) mass is 181 g/mol. The Hall–Kier alpha value is -1.52. The van der Waals surface area contributed by atoms with E-state index < -0.39 is 5.97 Å². The Morgan fingerprint density at radius 2 is 2.62 bits per heavy atom. The number of hydrogen-bond donors (Lipinski definition) is 2. The molecule has 1 aliphatic rings. The topological polar surface area (TPSA) is 67.2 Å². The summed E-state index contributed by atoms with van der Waals surface area (Å²) >= 11 is 0. The molecule has 0 aliphatic carbocycles. The van der Waals surface area contributed by atoms with Gasteiger partial charge in [-0.15, -0.1) is 0 Å². The second-order valence-corrected chi connectivity index (χ2v) is 3.28. The van der Waals surface area contributed by atoms with Crippen LogP contribution in [0.3, 0.4) is 0 Å². The highest BCUT2D eigenvalue weighted by Crippen LogP contribution is 2.17. The van der Waals surface area contributed by atoms with E-state index in [1.807, 2.05) is 4.57 Å². The molecule has 2 rings (SSSR count). The van der Waals surface area contributed by atoms with Crippen LogP contribution in [0.2, 0.25) is 0 Å². The molecule has 5 heteroatoms. The number of carboxylic acids is 1. The smallest absolute Gasteiger partial charge is 0.356 e. The van der Waals surface area contributed by atoms with Crippen LogP contribution in [-0.4, -0.2) is 26.7 Å². The fraction of sp³-hybridized carbons (Fsp3) is 0.500. The quantitative estimate of drug-likeness (QED) is 0.672. The van der Waals surface area contributed by atoms with Gasteiger partial charge in [0, 0.05) is 18.8 Å². The summed E-state index contributed by atoms with van der Waals surface area (Å²) in [5.41, 5.74) is 0.108. The Labute approximate surface area is 75.4 Å². The molecule has 0 aromatic carbocycles. The first-order valence-corrected chi connectivity index (χ1v) is 4.24. The number of nitrogens with one attached hydrogen (secondary N) is 1. The zero-order valence-corrected chi connectivity index (χ0v) is 7.32. The molecule has 70 valence electrons. The number of anilines is 1. The van der Waals surface area contributed by atoms with E-state index in [0.29, 0.717) is 12.0 Å². The van der Waals surface area contributed by atoms with Crippen LogP contribution in [-0.2, 0) is 6.54 Å². The average Bonchev–Trinajstić information content (AvgIpc) is 2.46. The van der Waals surface area contributed by atoms with Crippen molar-refractivity contribution in [1.29, 1.82) is 0 Å². The van der Waals surface area contributed by atoms with Crippen molar-refractivity contribution in [2.24, 2.45) is 0 Å². The molecule has 1 aliphatic heterocycles. The van der Waals surface area contributed by atoms with Crippen molar-refractivity contribution in [3.05, 3.63) is 11.9 Å². The highest BCUT2D eigenvalue weighted by atomic mass is 16.4. The minimum absolute atomic E-state index is 0.108. The first-order chi connectivity index (χ1) is 6.16. The van der Waals surface area contributed by atoms with Crippen LogP contribution >= 0.6 is 0 Å². The van der Waals surface area contributed by atoms with Crippen molar-refractivity contribution in [2.75, 3.05) is 5.32 Å². The number of imidazole rings is 1. The lowest BCUT2D eigenvalue weighted by molar-refractivity contribution is 0.0691. The summed E-state index contributed by atoms with van der Waals surface area (Å²) < 4.78 is 1.84. The molecule has 0 radical (unpaired) electrons. The zero-order chi connectivity index (χ0) is 9.42. The maximum absolute atomic E-state index is 10.6. The maximum Gasteiger partial charge on any atom is 0.356 e. The van der Waals surface area contributed by atoms with Crippen molar-refractivity contribution in [3.63, 3.8) is 0 Å². The molecule has 0 bridgehead atoms. The summed E-state index contributed by atoms with van der Waals surface area (Å²) in [5.74, 6) is -0.312. The Morgan fingerprint density at radius 3 is 3.31 bits per heavy atom. The molecule has 1 atom stereocenters. The number of carbonyl (C=O) groups is 1. The van der Waals surface area contributed by atoms with E-state index in [0.717, 1.165) is 13.0 Å². The van der Waals surface area contributed by atoms with Crippen LogP contribution in [0.4, 0.5) is 5.95 Å². The van der Waals surface area contributed by atoms with Gasteiger partial charge in [0.1, 0.15) is 0 Å². The lowest BCUT2D eigenvalue weighted by atomic mass is 10.2. The van der Waals surface area contributed by atoms with E-state index >= 15 is 0 Å². The van der Waals surface area contributed by atoms with Crippen LogP contribution in [0.1, 0.15) is 23.8 Å². The molecule has 5 nitrogen and oxygen atoms in total. The number of aryl methyl sites for hydroxylation is 1. The Balaban J connectivity index is 2.33. The predicted octanol–water partition coefficient (Wildman–Crippen LogP) is 0.785. The Bertz CT molecular complexity index is 345. The van der Waals surface area contributed by atoms with Gasteiger partial charge < -0.3 is 15.0 Å². The van der Waals surface area contributed by atoms with Gasteiger partial charge >= 0.3 is 5.97 Å². The summed E-state index contributed by atoms with van der Waals surface area (Å²) in [6, 6.07) is 0.372. The SMILES string of the molecule is C[C@H]1CCn2cc(C(=O)O)nc2N1. The zero-order valence-electron chi connectivity index (χ0n) is 7.32. The minimum atomic E-state index is -0.976. The van der Waals surface area contributed by atoms with Gasteiger partial charge in [0.25, 0.3) is 0 Å². The molecule has 0 amide bonds. The van der Waals surface area contributed by atoms with Crippen LogP contribution < -0.4 is 5.32 Å². The summed E-state index contributed by atoms with van der Waals surface area (Å²) in [5, 5.41) is 11.8. The molecule has 1 aromatic rings. The Kier molecular flexibility index (Phi) is 1.72. The second-order valence-electron chi connectivity index (χ2n) is 3.28. The van der Waals surface area contributed by atoms with E-state index in [4.69, 9.17) is 5.11 Å². The van der Waals surface area contributed by atoms with E-state index in [2.05, 4.69) is 17.2 Å². The summed E-state index contributed by atoms with van der Waals surface area (Å²) in [6.07, 6.45) is 2.57. The molecular weight excluding hydrogens is 170 g/mol. The minimum Gasteiger partial charge on any atom is -0.476 e. The summed E-state index contributed by atoms with van der Waals surface area (Å²) in [7, 11) is 0. The van der Waals surface area contributed by atoms with Crippen molar-refractivity contribution >= 4 is 11.9 Å². The van der Waals surface area contributed by atoms with Gasteiger partial charge in [0.05, 0.1) is 0 Å². The molecule has 2 heterocycles. The molecule has 0 saturated heterocycles. The second kappa shape index (κ2) is 2.76. The highest BCUT2D eigenvalue weighted by Gasteiger charge is 2.18. The molecule has 1 aromatic heterocycles. The first-order valence-electron chi connectivity index (χ1n) is 4.24. The van der Waals surface area contributed by atoms with Gasteiger partial charge in [-0.3, -0.25) is 0 Å². The first kappa shape index (κ1) is 8.10. The highest BCUT2D eigenvalue weighted by molar-refractivity contribution is 5.85. The third kappa shape index (κ3) is 1.37. The average molecular weight is 181 g/mol. The standard InChI is InChI=1S/C8H11N3O2/c1-5-2-3-11-4-6(7(12)13)10-8(11)9-5/h4-5H,2-3H2,1H3,(H,9,10)(H,12,13)/t5-/m0/s1. The number of fused-ring (bicyclic) bond motifs is 1. The third-order valence-electron chi connectivity index (χ3n) is 2.17. The lowest BCUT2D eigenvalue weighted by Crippen LogP contribution is -2.25. The molecule has 2 N–H and O–H groups in total. The third-order valence-corrected chi connectivity index (χ3v) is 2.17. The van der Waals surface area contributed by atoms with Gasteiger partial charge in [-0.25, -0.2) is 9.78 Å². The predicted molar refractivity (Wildman–Crippen MR) is 46.9 cm³/mol. The molecule has 0 unspecified atom stereocenters. The summed E-state index contributed by atoms with van der Waals surface area (Å²) in [6.45, 7) is 2.89. The van der Waals surface area contributed by atoms with Gasteiger partial charge in [-0.2, -0.15) is 0 Å². The fourth-order valence-electron chi connectivity index (χ4n) is 1.43. The molecule has 0 spiro atoms. The molecule has 0 saturated carbocycles. The van der Waals surface area contributed by atoms with Crippen molar-refractivity contribution < 1.29 is 9.90 Å². The van der Waals surface area contributed by atoms with Crippen LogP contribution in [0.5, 0.6) is 0 Å². The number of rotatable bonds is 1. The number of carboxylic acid groups (broad SMARTS) is 1. The number of aromatic nitrogens is 2. The molecular formula is C8H11N3O2. The normalized spacial score (nSPS) is 20.5. The van der Waals surface area contributed by atoms with Crippen LogP contribution in [0, 0.1) is 0 Å². The van der Waals surface area contributed by atoms with Gasteiger partial charge in [-0.1, -0.05) is 0 Å². The van der Waals surface area contributed by atoms with Crippen LogP contribution in [0.15, 0.2) is 6.20 Å². The van der Waals surface area contributed by atoms with Gasteiger partial charge in [0.2, 0.25) is 5.95 Å². The van der Waals surface area contributed by atoms with E-state index in [9.17, 15) is 4.79 Å². The van der Waals surface area contributed by atoms with Crippen LogP contribution in [0.25, 0.3) is 0 Å². The van der Waals surface area contributed by atoms with Gasteiger partial charge in [-0.05, 0) is 13.3 Å². The van der Waals surface area contributed by atoms with Crippen molar-refractivity contribution in [2.45, 2.75) is 25.9 Å². The largest absolute Gasteiger partial charge is 0.476 e. The fourth-order valence-corrected chi connectivity index (χ4v) is 1.43.